The van der Waals surface area contributed by atoms with E-state index in [1.54, 1.807) is 0 Å². The van der Waals surface area contributed by atoms with Crippen LogP contribution in [0.2, 0.25) is 0 Å². The van der Waals surface area contributed by atoms with Crippen LogP contribution in [0.15, 0.2) is 24.5 Å². The van der Waals surface area contributed by atoms with E-state index >= 15 is 0 Å². The van der Waals surface area contributed by atoms with Gasteiger partial charge in [0.2, 0.25) is 0 Å². The van der Waals surface area contributed by atoms with Gasteiger partial charge in [0.15, 0.2) is 12.4 Å². The van der Waals surface area contributed by atoms with Crippen molar-refractivity contribution in [1.29, 1.82) is 0 Å². The lowest BCUT2D eigenvalue weighted by molar-refractivity contribution is -0.671. The van der Waals surface area contributed by atoms with Crippen LogP contribution in [0, 0.1) is 5.92 Å². The maximum atomic E-state index is 2.35. The molecule has 1 atom stereocenters. The van der Waals surface area contributed by atoms with Crippen molar-refractivity contribution in [3.8, 4) is 0 Å². The standard InChI is InChI=1S/C18H32N/c1-4-6-10-17(5-2)11-8-7-9-12-18-13-15-19(3)16-14-18/h13-17H,4-12H2,1-3H3/q+1. The third kappa shape index (κ3) is 7.34. The van der Waals surface area contributed by atoms with E-state index < -0.39 is 0 Å². The van der Waals surface area contributed by atoms with Crippen LogP contribution < -0.4 is 4.57 Å². The molecule has 1 heterocycles. The van der Waals surface area contributed by atoms with Gasteiger partial charge < -0.3 is 0 Å². The van der Waals surface area contributed by atoms with Gasteiger partial charge in [0.1, 0.15) is 7.05 Å². The Morgan fingerprint density at radius 3 is 2.26 bits per heavy atom. The minimum atomic E-state index is 0.982. The molecule has 1 aromatic rings. The average Bonchev–Trinajstić information content (AvgIpc) is 2.44. The van der Waals surface area contributed by atoms with Gasteiger partial charge in [0.05, 0.1) is 0 Å². The molecule has 0 amide bonds. The zero-order valence-corrected chi connectivity index (χ0v) is 13.2. The average molecular weight is 262 g/mol. The molecule has 1 rings (SSSR count). The van der Waals surface area contributed by atoms with Gasteiger partial charge in [0.25, 0.3) is 0 Å². The Hall–Kier alpha value is -0.850. The molecular weight excluding hydrogens is 230 g/mol. The molecule has 108 valence electrons. The first-order chi connectivity index (χ1) is 9.26. The van der Waals surface area contributed by atoms with Crippen molar-refractivity contribution in [3.63, 3.8) is 0 Å². The molecule has 0 aliphatic carbocycles. The third-order valence-electron chi connectivity index (χ3n) is 4.17. The first-order valence-electron chi connectivity index (χ1n) is 8.20. The summed E-state index contributed by atoms with van der Waals surface area (Å²) < 4.78 is 2.10. The lowest BCUT2D eigenvalue weighted by Crippen LogP contribution is -2.25. The number of hydrogen-bond donors (Lipinski definition) is 0. The smallest absolute Gasteiger partial charge is 0.168 e. The third-order valence-corrected chi connectivity index (χ3v) is 4.17. The number of rotatable bonds is 10. The molecule has 0 fully saturated rings. The Bertz CT molecular complexity index is 315. The summed E-state index contributed by atoms with van der Waals surface area (Å²) in [5.74, 6) is 0.982. The van der Waals surface area contributed by atoms with Crippen LogP contribution in [-0.4, -0.2) is 0 Å². The van der Waals surface area contributed by atoms with Crippen molar-refractivity contribution in [2.24, 2.45) is 13.0 Å². The number of hydrogen-bond acceptors (Lipinski definition) is 0. The van der Waals surface area contributed by atoms with E-state index in [2.05, 4.69) is 50.0 Å². The van der Waals surface area contributed by atoms with E-state index in [1.165, 1.54) is 63.4 Å². The quantitative estimate of drug-likeness (QED) is 0.420. The predicted molar refractivity (Wildman–Crippen MR) is 83.1 cm³/mol. The van der Waals surface area contributed by atoms with E-state index in [0.717, 1.165) is 5.92 Å². The van der Waals surface area contributed by atoms with E-state index in [0.29, 0.717) is 0 Å². The molecule has 0 N–H and O–H groups in total. The monoisotopic (exact) mass is 262 g/mol. The highest BCUT2D eigenvalue weighted by molar-refractivity contribution is 5.06. The fourth-order valence-corrected chi connectivity index (χ4v) is 2.68. The predicted octanol–water partition coefficient (Wildman–Crippen LogP) is 4.83. The van der Waals surface area contributed by atoms with Crippen molar-refractivity contribution in [1.82, 2.24) is 0 Å². The van der Waals surface area contributed by atoms with Crippen LogP contribution in [0.1, 0.15) is 70.8 Å². The molecule has 1 heteroatoms. The zero-order chi connectivity index (χ0) is 13.9. The molecule has 0 aliphatic rings. The molecular formula is C18H32N+. The number of unbranched alkanes of at least 4 members (excludes halogenated alkanes) is 3. The Morgan fingerprint density at radius 2 is 1.63 bits per heavy atom. The Kier molecular flexibility index (Phi) is 8.53. The molecule has 1 unspecified atom stereocenters. The van der Waals surface area contributed by atoms with Gasteiger partial charge in [0, 0.05) is 12.1 Å². The van der Waals surface area contributed by atoms with Gasteiger partial charge in [-0.15, -0.1) is 0 Å². The van der Waals surface area contributed by atoms with Crippen molar-refractivity contribution >= 4 is 0 Å². The molecule has 0 radical (unpaired) electrons. The van der Waals surface area contributed by atoms with Gasteiger partial charge in [-0.05, 0) is 24.3 Å². The van der Waals surface area contributed by atoms with Gasteiger partial charge in [-0.25, -0.2) is 4.57 Å². The molecule has 0 saturated heterocycles. The summed E-state index contributed by atoms with van der Waals surface area (Å²) in [6, 6.07) is 4.49. The number of aromatic nitrogens is 1. The summed E-state index contributed by atoms with van der Waals surface area (Å²) >= 11 is 0. The Balaban J connectivity index is 2.08. The van der Waals surface area contributed by atoms with E-state index in [-0.39, 0.29) is 0 Å². The molecule has 0 saturated carbocycles. The fraction of sp³-hybridized carbons (Fsp3) is 0.722. The van der Waals surface area contributed by atoms with Crippen LogP contribution in [0.5, 0.6) is 0 Å². The molecule has 0 aliphatic heterocycles. The maximum absolute atomic E-state index is 2.35. The van der Waals surface area contributed by atoms with Gasteiger partial charge in [-0.1, -0.05) is 58.8 Å². The summed E-state index contributed by atoms with van der Waals surface area (Å²) in [6.45, 7) is 4.65. The van der Waals surface area contributed by atoms with Crippen LogP contribution in [0.25, 0.3) is 0 Å². The number of nitrogens with zero attached hydrogens (tertiary/aromatic N) is 1. The second kappa shape index (κ2) is 10.00. The highest BCUT2D eigenvalue weighted by Crippen LogP contribution is 2.20. The van der Waals surface area contributed by atoms with Gasteiger partial charge >= 0.3 is 0 Å². The van der Waals surface area contributed by atoms with Gasteiger partial charge in [-0.3, -0.25) is 0 Å². The second-order valence-corrected chi connectivity index (χ2v) is 5.89. The van der Waals surface area contributed by atoms with Crippen molar-refractivity contribution in [2.45, 2.75) is 71.6 Å². The summed E-state index contributed by atoms with van der Waals surface area (Å²) in [7, 11) is 2.07. The van der Waals surface area contributed by atoms with Crippen LogP contribution in [0.4, 0.5) is 0 Å². The summed E-state index contributed by atoms with van der Waals surface area (Å²) in [5, 5.41) is 0. The van der Waals surface area contributed by atoms with E-state index in [1.807, 2.05) is 0 Å². The first kappa shape index (κ1) is 16.2. The molecule has 19 heavy (non-hydrogen) atoms. The summed E-state index contributed by atoms with van der Waals surface area (Å²) in [6.07, 6.45) is 16.7. The second-order valence-electron chi connectivity index (χ2n) is 5.89. The number of aryl methyl sites for hydroxylation is 2. The largest absolute Gasteiger partial charge is 0.208 e. The summed E-state index contributed by atoms with van der Waals surface area (Å²) in [4.78, 5) is 0. The van der Waals surface area contributed by atoms with Crippen molar-refractivity contribution in [3.05, 3.63) is 30.1 Å². The molecule has 1 nitrogen and oxygen atoms in total. The Labute approximate surface area is 120 Å². The van der Waals surface area contributed by atoms with Crippen LogP contribution >= 0.6 is 0 Å². The SMILES string of the molecule is CCCCC(CC)CCCCCc1cc[n+](C)cc1. The van der Waals surface area contributed by atoms with E-state index in [9.17, 15) is 0 Å². The lowest BCUT2D eigenvalue weighted by Gasteiger charge is -2.13. The first-order valence-corrected chi connectivity index (χ1v) is 8.20. The summed E-state index contributed by atoms with van der Waals surface area (Å²) in [5.41, 5.74) is 1.48. The van der Waals surface area contributed by atoms with Crippen LogP contribution in [-0.2, 0) is 13.5 Å². The van der Waals surface area contributed by atoms with E-state index in [4.69, 9.17) is 0 Å². The Morgan fingerprint density at radius 1 is 0.947 bits per heavy atom. The van der Waals surface area contributed by atoms with Gasteiger partial charge in [-0.2, -0.15) is 0 Å². The van der Waals surface area contributed by atoms with Crippen LogP contribution in [0.3, 0.4) is 0 Å². The maximum Gasteiger partial charge on any atom is 0.168 e. The molecule has 0 bridgehead atoms. The molecule has 1 aromatic heterocycles. The highest BCUT2D eigenvalue weighted by atomic mass is 14.9. The topological polar surface area (TPSA) is 3.88 Å². The highest BCUT2D eigenvalue weighted by Gasteiger charge is 2.05. The zero-order valence-electron chi connectivity index (χ0n) is 13.2. The molecule has 0 aromatic carbocycles. The normalized spacial score (nSPS) is 12.6. The van der Waals surface area contributed by atoms with Crippen molar-refractivity contribution < 1.29 is 4.57 Å². The minimum Gasteiger partial charge on any atom is -0.208 e. The molecule has 0 spiro atoms. The number of pyridine rings is 1. The lowest BCUT2D eigenvalue weighted by atomic mass is 9.93. The fourth-order valence-electron chi connectivity index (χ4n) is 2.68. The van der Waals surface area contributed by atoms with Crippen molar-refractivity contribution in [2.75, 3.05) is 0 Å². The minimum absolute atomic E-state index is 0.982.